The molecule has 3 rings (SSSR count). The molecule has 0 bridgehead atoms. The minimum absolute atomic E-state index is 0.137. The second kappa shape index (κ2) is 7.96. The molecule has 8 heteroatoms. The van der Waals surface area contributed by atoms with E-state index in [1.807, 2.05) is 0 Å². The summed E-state index contributed by atoms with van der Waals surface area (Å²) in [4.78, 5) is 16.7. The van der Waals surface area contributed by atoms with Crippen molar-refractivity contribution in [1.29, 1.82) is 0 Å². The zero-order valence-electron chi connectivity index (χ0n) is 14.9. The Morgan fingerprint density at radius 3 is 2.44 bits per heavy atom. The SMILES string of the molecule is CS(=O)(=O)c1cccc(C(=O)N2CCN(Cc3ccc(F)cc3Cl)CC2)c1. The van der Waals surface area contributed by atoms with Crippen LogP contribution in [0.2, 0.25) is 5.02 Å². The zero-order valence-corrected chi connectivity index (χ0v) is 16.4. The Morgan fingerprint density at radius 1 is 1.11 bits per heavy atom. The van der Waals surface area contributed by atoms with Crippen LogP contribution in [0.3, 0.4) is 0 Å². The summed E-state index contributed by atoms with van der Waals surface area (Å²) in [5.41, 5.74) is 1.21. The van der Waals surface area contributed by atoms with Gasteiger partial charge in [0, 0.05) is 49.6 Å². The third-order valence-electron chi connectivity index (χ3n) is 4.58. The molecule has 0 radical (unpaired) electrons. The van der Waals surface area contributed by atoms with Crippen molar-refractivity contribution in [2.24, 2.45) is 0 Å². The van der Waals surface area contributed by atoms with Gasteiger partial charge in [-0.2, -0.15) is 0 Å². The molecule has 1 aliphatic heterocycles. The lowest BCUT2D eigenvalue weighted by molar-refractivity contribution is 0.0628. The van der Waals surface area contributed by atoms with Gasteiger partial charge in [-0.1, -0.05) is 23.7 Å². The van der Waals surface area contributed by atoms with Crippen LogP contribution in [0.1, 0.15) is 15.9 Å². The van der Waals surface area contributed by atoms with E-state index in [0.29, 0.717) is 43.3 Å². The molecule has 2 aromatic carbocycles. The lowest BCUT2D eigenvalue weighted by Gasteiger charge is -2.35. The quantitative estimate of drug-likeness (QED) is 0.777. The highest BCUT2D eigenvalue weighted by molar-refractivity contribution is 7.90. The summed E-state index contributed by atoms with van der Waals surface area (Å²) >= 11 is 6.08. The van der Waals surface area contributed by atoms with E-state index >= 15 is 0 Å². The number of halogens is 2. The van der Waals surface area contributed by atoms with Crippen molar-refractivity contribution in [2.75, 3.05) is 32.4 Å². The minimum atomic E-state index is -3.36. The van der Waals surface area contributed by atoms with Gasteiger partial charge in [-0.15, -0.1) is 0 Å². The standard InChI is InChI=1S/C19H20ClFN2O3S/c1-27(25,26)17-4-2-3-14(11-17)19(24)23-9-7-22(8-10-23)13-15-5-6-16(21)12-18(15)20/h2-6,11-12H,7-10,13H2,1H3. The van der Waals surface area contributed by atoms with Crippen molar-refractivity contribution in [3.8, 4) is 0 Å². The van der Waals surface area contributed by atoms with E-state index in [4.69, 9.17) is 11.6 Å². The minimum Gasteiger partial charge on any atom is -0.336 e. The summed E-state index contributed by atoms with van der Waals surface area (Å²) in [6.45, 7) is 2.96. The first kappa shape index (κ1) is 19.8. The van der Waals surface area contributed by atoms with Gasteiger partial charge in [0.15, 0.2) is 9.84 Å². The normalized spacial score (nSPS) is 15.7. The first-order chi connectivity index (χ1) is 12.7. The molecule has 1 fully saturated rings. The number of amides is 1. The second-order valence-electron chi connectivity index (χ2n) is 6.60. The fourth-order valence-corrected chi connectivity index (χ4v) is 3.94. The van der Waals surface area contributed by atoms with Crippen LogP contribution in [0.5, 0.6) is 0 Å². The van der Waals surface area contributed by atoms with Gasteiger partial charge in [0.25, 0.3) is 5.91 Å². The van der Waals surface area contributed by atoms with Crippen LogP contribution >= 0.6 is 11.6 Å². The molecular weight excluding hydrogens is 391 g/mol. The lowest BCUT2D eigenvalue weighted by Crippen LogP contribution is -2.48. The van der Waals surface area contributed by atoms with Crippen LogP contribution in [-0.4, -0.2) is 56.6 Å². The van der Waals surface area contributed by atoms with E-state index in [9.17, 15) is 17.6 Å². The van der Waals surface area contributed by atoms with Crippen molar-refractivity contribution < 1.29 is 17.6 Å². The smallest absolute Gasteiger partial charge is 0.253 e. The number of benzene rings is 2. The fourth-order valence-electron chi connectivity index (χ4n) is 3.04. The second-order valence-corrected chi connectivity index (χ2v) is 9.03. The number of rotatable bonds is 4. The average Bonchev–Trinajstić information content (AvgIpc) is 2.63. The van der Waals surface area contributed by atoms with Gasteiger partial charge in [0.2, 0.25) is 0 Å². The first-order valence-corrected chi connectivity index (χ1v) is 10.8. The van der Waals surface area contributed by atoms with E-state index in [-0.39, 0.29) is 16.6 Å². The van der Waals surface area contributed by atoms with Gasteiger partial charge in [-0.3, -0.25) is 9.69 Å². The van der Waals surface area contributed by atoms with Gasteiger partial charge in [0.05, 0.1) is 4.90 Å². The summed E-state index contributed by atoms with van der Waals surface area (Å²) in [5, 5.41) is 0.395. The van der Waals surface area contributed by atoms with Crippen LogP contribution in [0, 0.1) is 5.82 Å². The molecule has 0 atom stereocenters. The van der Waals surface area contributed by atoms with E-state index in [0.717, 1.165) is 11.8 Å². The van der Waals surface area contributed by atoms with Gasteiger partial charge in [-0.25, -0.2) is 12.8 Å². The lowest BCUT2D eigenvalue weighted by atomic mass is 10.1. The van der Waals surface area contributed by atoms with Crippen LogP contribution in [0.15, 0.2) is 47.4 Å². The summed E-state index contributed by atoms with van der Waals surface area (Å²) in [5.74, 6) is -0.546. The first-order valence-electron chi connectivity index (χ1n) is 8.50. The van der Waals surface area contributed by atoms with Crippen LogP contribution in [0.25, 0.3) is 0 Å². The molecule has 27 heavy (non-hydrogen) atoms. The van der Waals surface area contributed by atoms with E-state index in [1.165, 1.54) is 24.3 Å². The fraction of sp³-hybridized carbons (Fsp3) is 0.316. The van der Waals surface area contributed by atoms with Crippen molar-refractivity contribution in [3.63, 3.8) is 0 Å². The molecule has 2 aromatic rings. The monoisotopic (exact) mass is 410 g/mol. The van der Waals surface area contributed by atoms with Crippen molar-refractivity contribution in [3.05, 3.63) is 64.4 Å². The predicted molar refractivity (Wildman–Crippen MR) is 102 cm³/mol. The molecule has 1 saturated heterocycles. The highest BCUT2D eigenvalue weighted by Crippen LogP contribution is 2.20. The molecule has 0 aromatic heterocycles. The summed E-state index contributed by atoms with van der Waals surface area (Å²) in [6, 6.07) is 10.5. The zero-order chi connectivity index (χ0) is 19.6. The number of hydrogen-bond acceptors (Lipinski definition) is 4. The molecule has 1 aliphatic rings. The molecule has 0 saturated carbocycles. The molecule has 144 valence electrons. The highest BCUT2D eigenvalue weighted by atomic mass is 35.5. The molecule has 1 heterocycles. The summed E-state index contributed by atoms with van der Waals surface area (Å²) in [7, 11) is -3.36. The predicted octanol–water partition coefficient (Wildman–Crippen LogP) is 2.84. The number of carbonyl (C=O) groups excluding carboxylic acids is 1. The van der Waals surface area contributed by atoms with Gasteiger partial charge in [0.1, 0.15) is 5.82 Å². The molecular formula is C19H20ClFN2O3S. The number of nitrogens with zero attached hydrogens (tertiary/aromatic N) is 2. The third kappa shape index (κ3) is 4.86. The Bertz CT molecular complexity index is 957. The molecule has 1 amide bonds. The molecule has 5 nitrogen and oxygen atoms in total. The van der Waals surface area contributed by atoms with Gasteiger partial charge in [-0.05, 0) is 35.9 Å². The van der Waals surface area contributed by atoms with E-state index in [1.54, 1.807) is 23.1 Å². The third-order valence-corrected chi connectivity index (χ3v) is 6.04. The van der Waals surface area contributed by atoms with Gasteiger partial charge < -0.3 is 4.90 Å². The van der Waals surface area contributed by atoms with Crippen molar-refractivity contribution in [2.45, 2.75) is 11.4 Å². The number of hydrogen-bond donors (Lipinski definition) is 0. The van der Waals surface area contributed by atoms with Crippen LogP contribution in [0.4, 0.5) is 4.39 Å². The van der Waals surface area contributed by atoms with E-state index in [2.05, 4.69) is 4.90 Å². The van der Waals surface area contributed by atoms with E-state index < -0.39 is 9.84 Å². The number of carbonyl (C=O) groups is 1. The molecule has 0 unspecified atom stereocenters. The Kier molecular flexibility index (Phi) is 5.83. The Balaban J connectivity index is 1.63. The topological polar surface area (TPSA) is 57.7 Å². The van der Waals surface area contributed by atoms with Crippen LogP contribution in [-0.2, 0) is 16.4 Å². The summed E-state index contributed by atoms with van der Waals surface area (Å²) in [6.07, 6.45) is 1.12. The van der Waals surface area contributed by atoms with Crippen molar-refractivity contribution >= 4 is 27.3 Å². The molecule has 0 aliphatic carbocycles. The average molecular weight is 411 g/mol. The van der Waals surface area contributed by atoms with Crippen molar-refractivity contribution in [1.82, 2.24) is 9.80 Å². The molecule has 0 spiro atoms. The van der Waals surface area contributed by atoms with Gasteiger partial charge >= 0.3 is 0 Å². The summed E-state index contributed by atoms with van der Waals surface area (Å²) < 4.78 is 36.5. The maximum Gasteiger partial charge on any atom is 0.253 e. The Hall–Kier alpha value is -1.96. The maximum absolute atomic E-state index is 13.1. The Labute approximate surface area is 163 Å². The number of piperazine rings is 1. The van der Waals surface area contributed by atoms with Crippen LogP contribution < -0.4 is 0 Å². The Morgan fingerprint density at radius 2 is 1.81 bits per heavy atom. The number of sulfone groups is 1. The largest absolute Gasteiger partial charge is 0.336 e. The molecule has 0 N–H and O–H groups in total. The highest BCUT2D eigenvalue weighted by Gasteiger charge is 2.23. The maximum atomic E-state index is 13.1.